The molecule has 0 spiro atoms. The molecule has 1 unspecified atom stereocenters. The quantitative estimate of drug-likeness (QED) is 0.831. The van der Waals surface area contributed by atoms with E-state index in [0.29, 0.717) is 17.4 Å². The van der Waals surface area contributed by atoms with Crippen molar-refractivity contribution in [3.63, 3.8) is 0 Å². The van der Waals surface area contributed by atoms with Crippen molar-refractivity contribution >= 4 is 27.7 Å². The zero-order valence-electron chi connectivity index (χ0n) is 10.7. The van der Waals surface area contributed by atoms with Gasteiger partial charge in [-0.25, -0.2) is 4.39 Å². The summed E-state index contributed by atoms with van der Waals surface area (Å²) >= 11 is 3.21. The average molecular weight is 329 g/mol. The fourth-order valence-electron chi connectivity index (χ4n) is 2.16. The van der Waals surface area contributed by atoms with E-state index in [4.69, 9.17) is 0 Å². The van der Waals surface area contributed by atoms with Gasteiger partial charge < -0.3 is 9.80 Å². The molecule has 0 aliphatic carbocycles. The highest BCUT2D eigenvalue weighted by Crippen LogP contribution is 2.20. The van der Waals surface area contributed by atoms with Gasteiger partial charge in [-0.1, -0.05) is 15.9 Å². The first-order valence-electron chi connectivity index (χ1n) is 5.89. The van der Waals surface area contributed by atoms with Crippen molar-refractivity contribution < 1.29 is 14.0 Å². The van der Waals surface area contributed by atoms with E-state index in [0.717, 1.165) is 0 Å². The lowest BCUT2D eigenvalue weighted by Gasteiger charge is -2.23. The highest BCUT2D eigenvalue weighted by atomic mass is 79.9. The Morgan fingerprint density at radius 3 is 2.79 bits per heavy atom. The van der Waals surface area contributed by atoms with Gasteiger partial charge in [0.1, 0.15) is 11.9 Å². The zero-order chi connectivity index (χ0) is 14.2. The molecule has 19 heavy (non-hydrogen) atoms. The van der Waals surface area contributed by atoms with Gasteiger partial charge >= 0.3 is 0 Å². The number of benzene rings is 1. The second-order valence-electron chi connectivity index (χ2n) is 4.60. The Balaban J connectivity index is 2.24. The first kappa shape index (κ1) is 14.0. The van der Waals surface area contributed by atoms with Crippen LogP contribution >= 0.6 is 15.9 Å². The van der Waals surface area contributed by atoms with E-state index in [9.17, 15) is 14.0 Å². The van der Waals surface area contributed by atoms with Crippen LogP contribution in [0.2, 0.25) is 0 Å². The Hall–Kier alpha value is -1.43. The summed E-state index contributed by atoms with van der Waals surface area (Å²) in [4.78, 5) is 27.0. The molecule has 0 radical (unpaired) electrons. The number of halogens is 2. The van der Waals surface area contributed by atoms with Crippen LogP contribution in [0.5, 0.6) is 0 Å². The van der Waals surface area contributed by atoms with Crippen LogP contribution in [0.3, 0.4) is 0 Å². The summed E-state index contributed by atoms with van der Waals surface area (Å²) in [5.41, 5.74) is -0.0285. The number of nitrogens with zero attached hydrogens (tertiary/aromatic N) is 2. The van der Waals surface area contributed by atoms with Crippen LogP contribution in [0, 0.1) is 5.82 Å². The number of rotatable bonds is 2. The van der Waals surface area contributed by atoms with Gasteiger partial charge in [-0.05, 0) is 24.6 Å². The van der Waals surface area contributed by atoms with Gasteiger partial charge in [-0.15, -0.1) is 0 Å². The lowest BCUT2D eigenvalue weighted by molar-refractivity contribution is -0.130. The first-order chi connectivity index (χ1) is 8.91. The van der Waals surface area contributed by atoms with E-state index >= 15 is 0 Å². The molecule has 0 saturated carbocycles. The van der Waals surface area contributed by atoms with Crippen LogP contribution in [-0.2, 0) is 4.79 Å². The predicted molar refractivity (Wildman–Crippen MR) is 72.2 cm³/mol. The van der Waals surface area contributed by atoms with E-state index < -0.39 is 17.8 Å². The molecule has 0 N–H and O–H groups in total. The van der Waals surface area contributed by atoms with Gasteiger partial charge in [0, 0.05) is 25.1 Å². The smallest absolute Gasteiger partial charge is 0.257 e. The molecule has 1 fully saturated rings. The molecular weight excluding hydrogens is 315 g/mol. The number of likely N-dealkylation sites (tertiary alicyclic amines) is 1. The second kappa shape index (κ2) is 5.28. The summed E-state index contributed by atoms with van der Waals surface area (Å²) in [6.07, 6.45) is 0.577. The van der Waals surface area contributed by atoms with Crippen molar-refractivity contribution in [3.05, 3.63) is 34.1 Å². The Morgan fingerprint density at radius 2 is 2.21 bits per heavy atom. The van der Waals surface area contributed by atoms with Crippen molar-refractivity contribution in [1.82, 2.24) is 9.80 Å². The molecule has 102 valence electrons. The average Bonchev–Trinajstić information content (AvgIpc) is 2.71. The Kier molecular flexibility index (Phi) is 3.89. The number of carbonyl (C=O) groups excluding carboxylic acids is 2. The van der Waals surface area contributed by atoms with Crippen molar-refractivity contribution in [1.29, 1.82) is 0 Å². The Labute approximate surface area is 119 Å². The molecule has 1 aromatic carbocycles. The fourth-order valence-corrected chi connectivity index (χ4v) is 2.52. The molecule has 0 bridgehead atoms. The summed E-state index contributed by atoms with van der Waals surface area (Å²) in [6, 6.07) is 3.68. The van der Waals surface area contributed by atoms with E-state index in [2.05, 4.69) is 15.9 Å². The van der Waals surface area contributed by atoms with Crippen LogP contribution in [0.25, 0.3) is 0 Å². The Morgan fingerprint density at radius 1 is 1.53 bits per heavy atom. The Bertz CT molecular complexity index is 535. The molecule has 1 aromatic rings. The summed E-state index contributed by atoms with van der Waals surface area (Å²) in [5.74, 6) is -1.17. The third-order valence-corrected chi connectivity index (χ3v) is 3.84. The summed E-state index contributed by atoms with van der Waals surface area (Å²) in [6.45, 7) is 0.613. The van der Waals surface area contributed by atoms with Crippen LogP contribution in [0.4, 0.5) is 4.39 Å². The molecule has 6 heteroatoms. The van der Waals surface area contributed by atoms with Gasteiger partial charge in [-0.3, -0.25) is 9.59 Å². The normalized spacial score (nSPS) is 18.8. The topological polar surface area (TPSA) is 40.6 Å². The van der Waals surface area contributed by atoms with Crippen LogP contribution < -0.4 is 0 Å². The minimum atomic E-state index is -0.584. The van der Waals surface area contributed by atoms with E-state index in [1.165, 1.54) is 30.1 Å². The van der Waals surface area contributed by atoms with Crippen molar-refractivity contribution in [2.24, 2.45) is 0 Å². The van der Waals surface area contributed by atoms with Crippen molar-refractivity contribution in [3.8, 4) is 0 Å². The monoisotopic (exact) mass is 328 g/mol. The summed E-state index contributed by atoms with van der Waals surface area (Å²) in [7, 11) is 3.23. The third-order valence-electron chi connectivity index (χ3n) is 3.35. The van der Waals surface area contributed by atoms with Gasteiger partial charge in [-0.2, -0.15) is 0 Å². The van der Waals surface area contributed by atoms with E-state index in [-0.39, 0.29) is 11.5 Å². The lowest BCUT2D eigenvalue weighted by Crippen LogP contribution is -2.42. The molecule has 2 rings (SSSR count). The molecule has 2 amide bonds. The predicted octanol–water partition coefficient (Wildman–Crippen LogP) is 1.89. The summed E-state index contributed by atoms with van der Waals surface area (Å²) < 4.78 is 14.3. The fraction of sp³-hybridized carbons (Fsp3) is 0.385. The van der Waals surface area contributed by atoms with Gasteiger partial charge in [0.25, 0.3) is 5.91 Å². The molecule has 1 saturated heterocycles. The van der Waals surface area contributed by atoms with Gasteiger partial charge in [0.15, 0.2) is 0 Å². The highest BCUT2D eigenvalue weighted by molar-refractivity contribution is 9.10. The minimum Gasteiger partial charge on any atom is -0.344 e. The van der Waals surface area contributed by atoms with E-state index in [1.54, 1.807) is 11.9 Å². The summed E-state index contributed by atoms with van der Waals surface area (Å²) in [5, 5.41) is 0. The maximum absolute atomic E-state index is 13.7. The number of amides is 2. The molecular formula is C13H14BrFN2O2. The molecule has 4 nitrogen and oxygen atoms in total. The number of carbonyl (C=O) groups is 2. The minimum absolute atomic E-state index is 0.0285. The zero-order valence-corrected chi connectivity index (χ0v) is 12.3. The van der Waals surface area contributed by atoms with Gasteiger partial charge in [0.2, 0.25) is 5.91 Å². The third kappa shape index (κ3) is 2.63. The maximum Gasteiger partial charge on any atom is 0.257 e. The number of hydrogen-bond acceptors (Lipinski definition) is 2. The van der Waals surface area contributed by atoms with Crippen LogP contribution in [-0.4, -0.2) is 48.3 Å². The molecule has 1 atom stereocenters. The van der Waals surface area contributed by atoms with E-state index in [1.807, 2.05) is 0 Å². The number of likely N-dealkylation sites (N-methyl/N-ethyl adjacent to an activating group) is 2. The molecule has 1 aliphatic rings. The maximum atomic E-state index is 13.7. The standard InChI is InChI=1S/C13H14BrFN2O2/c1-16-6-5-11(13(16)19)17(2)12(18)9-7-8(14)3-4-10(9)15/h3-4,7,11H,5-6H2,1-2H3. The second-order valence-corrected chi connectivity index (χ2v) is 5.52. The lowest BCUT2D eigenvalue weighted by atomic mass is 10.1. The first-order valence-corrected chi connectivity index (χ1v) is 6.68. The molecule has 1 heterocycles. The van der Waals surface area contributed by atoms with Gasteiger partial charge in [0.05, 0.1) is 5.56 Å². The SMILES string of the molecule is CN1CCC(N(C)C(=O)c2cc(Br)ccc2F)C1=O. The highest BCUT2D eigenvalue weighted by Gasteiger charge is 2.35. The largest absolute Gasteiger partial charge is 0.344 e. The van der Waals surface area contributed by atoms with Crippen LogP contribution in [0.15, 0.2) is 22.7 Å². The molecule has 0 aromatic heterocycles. The molecule has 1 aliphatic heterocycles. The van der Waals surface area contributed by atoms with Crippen molar-refractivity contribution in [2.75, 3.05) is 20.6 Å². The van der Waals surface area contributed by atoms with Crippen LogP contribution in [0.1, 0.15) is 16.8 Å². The number of hydrogen-bond donors (Lipinski definition) is 0. The van der Waals surface area contributed by atoms with Crippen molar-refractivity contribution in [2.45, 2.75) is 12.5 Å².